The van der Waals surface area contributed by atoms with Gasteiger partial charge in [0.15, 0.2) is 6.04 Å². The first-order chi connectivity index (χ1) is 6.63. The maximum Gasteiger partial charge on any atom is 0.349 e. The largest absolute Gasteiger partial charge is 0.478 e. The third kappa shape index (κ3) is 4.54. The second-order valence-corrected chi connectivity index (χ2v) is 2.89. The monoisotopic (exact) mass is 201 g/mol. The zero-order valence-electron chi connectivity index (χ0n) is 8.13. The molecular formula is C7H15N5O2. The second-order valence-electron chi connectivity index (χ2n) is 2.89. The summed E-state index contributed by atoms with van der Waals surface area (Å²) in [7, 11) is 1.45. The van der Waals surface area contributed by atoms with Crippen LogP contribution in [0.15, 0.2) is 5.22 Å². The minimum Gasteiger partial charge on any atom is -0.478 e. The second kappa shape index (κ2) is 6.99. The maximum absolute atomic E-state index is 10.8. The first-order valence-electron chi connectivity index (χ1n) is 4.34. The van der Waals surface area contributed by atoms with Crippen molar-refractivity contribution in [2.75, 3.05) is 13.6 Å². The molecule has 0 aromatic heterocycles. The van der Waals surface area contributed by atoms with Gasteiger partial charge in [-0.1, -0.05) is 0 Å². The lowest BCUT2D eigenvalue weighted by atomic mass is 10.1. The number of nitrogens with two attached hydrogens (primary N) is 1. The topological polar surface area (TPSA) is 115 Å². The molecule has 0 spiro atoms. The van der Waals surface area contributed by atoms with E-state index in [4.69, 9.17) is 16.4 Å². The van der Waals surface area contributed by atoms with Crippen LogP contribution in [0.3, 0.4) is 0 Å². The van der Waals surface area contributed by atoms with Crippen molar-refractivity contribution in [1.82, 2.24) is 5.01 Å². The Balaban J connectivity index is 4.14. The normalized spacial score (nSPS) is 11.6. The molecule has 0 aliphatic rings. The molecule has 7 heteroatoms. The molecule has 0 saturated heterocycles. The van der Waals surface area contributed by atoms with E-state index < -0.39 is 12.0 Å². The summed E-state index contributed by atoms with van der Waals surface area (Å²) in [5.74, 6) is -0.989. The first-order valence-corrected chi connectivity index (χ1v) is 4.34. The summed E-state index contributed by atoms with van der Waals surface area (Å²) < 4.78 is 0. The third-order valence-corrected chi connectivity index (χ3v) is 1.85. The quantitative estimate of drug-likeness (QED) is 0.207. The summed E-state index contributed by atoms with van der Waals surface area (Å²) in [6.45, 7) is 0.539. The lowest BCUT2D eigenvalue weighted by Gasteiger charge is -2.16. The molecule has 0 fully saturated rings. The number of carboxylic acids is 1. The number of azide groups is 1. The van der Waals surface area contributed by atoms with E-state index in [0.29, 0.717) is 19.4 Å². The zero-order valence-corrected chi connectivity index (χ0v) is 8.13. The molecule has 0 saturated carbocycles. The number of nitrogens with zero attached hydrogens (tertiary/aromatic N) is 4. The van der Waals surface area contributed by atoms with E-state index in [1.54, 1.807) is 0 Å². The predicted molar refractivity (Wildman–Crippen MR) is 51.2 cm³/mol. The fourth-order valence-corrected chi connectivity index (χ4v) is 1.08. The maximum atomic E-state index is 10.8. The molecule has 7 nitrogen and oxygen atoms in total. The molecule has 0 amide bonds. The average Bonchev–Trinajstić information content (AvgIpc) is 2.12. The van der Waals surface area contributed by atoms with Gasteiger partial charge in [-0.2, -0.15) is 4.91 Å². The average molecular weight is 201 g/mol. The highest BCUT2D eigenvalue weighted by molar-refractivity contribution is 5.73. The highest BCUT2D eigenvalue weighted by atomic mass is 16.4. The number of rotatable bonds is 7. The fraction of sp³-hybridized carbons (Fsp3) is 0.857. The van der Waals surface area contributed by atoms with Gasteiger partial charge in [0.25, 0.3) is 0 Å². The number of hydrogen-bond acceptors (Lipinski definition) is 3. The number of carboxylic acid groups (broad SMARTS) is 1. The lowest BCUT2D eigenvalue weighted by Crippen LogP contribution is -2.34. The van der Waals surface area contributed by atoms with Crippen LogP contribution in [0.25, 0.3) is 10.4 Å². The smallest absolute Gasteiger partial charge is 0.349 e. The molecule has 0 radical (unpaired) electrons. The number of unbranched alkanes of at least 4 members (excludes halogenated alkanes) is 1. The van der Waals surface area contributed by atoms with Crippen molar-refractivity contribution in [2.45, 2.75) is 25.3 Å². The number of hydrogen-bond donors (Lipinski definition) is 2. The van der Waals surface area contributed by atoms with Gasteiger partial charge in [-0.15, -0.1) is 5.53 Å². The minimum atomic E-state index is -0.989. The number of carbonyl (C=O) groups is 1. The van der Waals surface area contributed by atoms with Crippen LogP contribution in [0, 0.1) is 0 Å². The van der Waals surface area contributed by atoms with E-state index >= 15 is 0 Å². The van der Waals surface area contributed by atoms with E-state index in [1.807, 2.05) is 0 Å². The van der Waals surface area contributed by atoms with Crippen molar-refractivity contribution >= 4 is 5.97 Å². The summed E-state index contributed by atoms with van der Waals surface area (Å²) in [4.78, 5) is 13.3. The number of aliphatic carboxylic acids is 1. The van der Waals surface area contributed by atoms with E-state index in [2.05, 4.69) is 10.1 Å². The van der Waals surface area contributed by atoms with Gasteiger partial charge in [0.2, 0.25) is 0 Å². The molecule has 0 rings (SSSR count). The van der Waals surface area contributed by atoms with Crippen LogP contribution in [0.1, 0.15) is 19.3 Å². The van der Waals surface area contributed by atoms with E-state index in [1.165, 1.54) is 7.05 Å². The van der Waals surface area contributed by atoms with Crippen molar-refractivity contribution < 1.29 is 9.90 Å². The predicted octanol–water partition coefficient (Wildman–Crippen LogP) is 0.726. The Morgan fingerprint density at radius 3 is 2.79 bits per heavy atom. The Hall–Kier alpha value is -1.46. The van der Waals surface area contributed by atoms with Crippen LogP contribution in [-0.4, -0.2) is 35.7 Å². The van der Waals surface area contributed by atoms with Gasteiger partial charge >= 0.3 is 5.97 Å². The Morgan fingerprint density at radius 2 is 2.36 bits per heavy atom. The summed E-state index contributed by atoms with van der Waals surface area (Å²) in [6, 6.07) is -0.766. The molecule has 0 aliphatic heterocycles. The summed E-state index contributed by atoms with van der Waals surface area (Å²) in [5, 5.41) is 13.2. The summed E-state index contributed by atoms with van der Waals surface area (Å²) >= 11 is 0. The van der Waals surface area contributed by atoms with Crippen molar-refractivity contribution in [1.29, 1.82) is 0 Å². The van der Waals surface area contributed by atoms with Crippen molar-refractivity contribution in [3.8, 4) is 0 Å². The minimum absolute atomic E-state index is 0.433. The SMILES string of the molecule is CN(N=[N+]=[N-])[C@@H](CCCCN)C(=O)O. The molecule has 0 bridgehead atoms. The Labute approximate surface area is 82.1 Å². The molecule has 0 heterocycles. The van der Waals surface area contributed by atoms with Crippen LogP contribution < -0.4 is 5.73 Å². The molecule has 1 atom stereocenters. The van der Waals surface area contributed by atoms with Gasteiger partial charge < -0.3 is 10.8 Å². The standard InChI is InChI=1S/C7H15N5O2/c1-12(11-10-9)6(7(13)14)4-2-3-5-8/h6H,2-5,8H2,1H3,(H,13,14)/t6-/m0/s1. The first kappa shape index (κ1) is 12.5. The molecular weight excluding hydrogens is 186 g/mol. The Kier molecular flexibility index (Phi) is 6.26. The van der Waals surface area contributed by atoms with E-state index in [9.17, 15) is 4.79 Å². The van der Waals surface area contributed by atoms with Gasteiger partial charge in [-0.25, -0.2) is 9.80 Å². The lowest BCUT2D eigenvalue weighted by molar-refractivity contribution is -0.143. The van der Waals surface area contributed by atoms with E-state index in [-0.39, 0.29) is 0 Å². The van der Waals surface area contributed by atoms with Gasteiger partial charge in [-0.05, 0) is 31.0 Å². The number of likely N-dealkylation sites (N-methyl/N-ethyl adjacent to an activating group) is 1. The van der Waals surface area contributed by atoms with Gasteiger partial charge in [-0.3, -0.25) is 0 Å². The molecule has 14 heavy (non-hydrogen) atoms. The molecule has 0 aliphatic carbocycles. The van der Waals surface area contributed by atoms with Crippen LogP contribution >= 0.6 is 0 Å². The highest BCUT2D eigenvalue weighted by Crippen LogP contribution is 2.07. The van der Waals surface area contributed by atoms with Gasteiger partial charge in [0.1, 0.15) is 0 Å². The van der Waals surface area contributed by atoms with Crippen LogP contribution in [0.4, 0.5) is 0 Å². The Morgan fingerprint density at radius 1 is 1.71 bits per heavy atom. The van der Waals surface area contributed by atoms with Crippen molar-refractivity contribution in [2.24, 2.45) is 11.0 Å². The van der Waals surface area contributed by atoms with Crippen LogP contribution in [0.5, 0.6) is 0 Å². The van der Waals surface area contributed by atoms with E-state index in [0.717, 1.165) is 11.4 Å². The molecule has 80 valence electrons. The Bertz CT molecular complexity index is 226. The van der Waals surface area contributed by atoms with Gasteiger partial charge in [0.05, 0.1) is 7.05 Å². The molecule has 0 aromatic rings. The molecule has 0 unspecified atom stereocenters. The van der Waals surface area contributed by atoms with Crippen molar-refractivity contribution in [3.05, 3.63) is 10.4 Å². The zero-order chi connectivity index (χ0) is 11.0. The van der Waals surface area contributed by atoms with Crippen LogP contribution in [0.2, 0.25) is 0 Å². The fourth-order valence-electron chi connectivity index (χ4n) is 1.08. The van der Waals surface area contributed by atoms with Crippen molar-refractivity contribution in [3.63, 3.8) is 0 Å². The summed E-state index contributed by atoms with van der Waals surface area (Å²) in [6.07, 6.45) is 1.91. The summed E-state index contributed by atoms with van der Waals surface area (Å²) in [5.41, 5.74) is 13.4. The molecule has 0 aromatic carbocycles. The van der Waals surface area contributed by atoms with Crippen LogP contribution in [-0.2, 0) is 4.79 Å². The molecule has 3 N–H and O–H groups in total. The van der Waals surface area contributed by atoms with Gasteiger partial charge in [0, 0.05) is 0 Å². The highest BCUT2D eigenvalue weighted by Gasteiger charge is 2.24. The third-order valence-electron chi connectivity index (χ3n) is 1.85.